The van der Waals surface area contributed by atoms with Crippen LogP contribution in [0.3, 0.4) is 0 Å². The van der Waals surface area contributed by atoms with Gasteiger partial charge in [-0.3, -0.25) is 5.32 Å². The van der Waals surface area contributed by atoms with Gasteiger partial charge in [0.15, 0.2) is 0 Å². The van der Waals surface area contributed by atoms with E-state index in [2.05, 4.69) is 60.6 Å². The molecule has 2 heteroatoms. The van der Waals surface area contributed by atoms with E-state index in [4.69, 9.17) is 11.2 Å². The van der Waals surface area contributed by atoms with Gasteiger partial charge in [-0.05, 0) is 48.9 Å². The van der Waals surface area contributed by atoms with E-state index >= 15 is 0 Å². The Bertz CT molecular complexity index is 697. The Morgan fingerprint density at radius 2 is 2.04 bits per heavy atom. The molecule has 2 aromatic carbocycles. The number of fused-ring (bicyclic) bond motifs is 1. The van der Waals surface area contributed by atoms with Crippen molar-refractivity contribution in [2.45, 2.75) is 38.8 Å². The number of ether oxygens (including phenoxy) is 1. The first kappa shape index (κ1) is 15.6. The van der Waals surface area contributed by atoms with Gasteiger partial charge >= 0.3 is 0 Å². The summed E-state index contributed by atoms with van der Waals surface area (Å²) >= 11 is 0. The number of hydrogen-bond acceptors (Lipinski definition) is 2. The van der Waals surface area contributed by atoms with Crippen LogP contribution in [0, 0.1) is 19.3 Å². The van der Waals surface area contributed by atoms with Crippen molar-refractivity contribution in [3.8, 4) is 18.1 Å². The number of benzene rings is 2. The predicted octanol–water partition coefficient (Wildman–Crippen LogP) is 4.17. The zero-order chi connectivity index (χ0) is 16.1. The Balaban J connectivity index is 1.75. The topological polar surface area (TPSA) is 21.3 Å². The summed E-state index contributed by atoms with van der Waals surface area (Å²) in [6.07, 6.45) is 8.76. The van der Waals surface area contributed by atoms with Gasteiger partial charge in [0, 0.05) is 6.04 Å². The van der Waals surface area contributed by atoms with Crippen LogP contribution in [-0.4, -0.2) is 6.54 Å². The third-order valence-electron chi connectivity index (χ3n) is 4.43. The van der Waals surface area contributed by atoms with Gasteiger partial charge in [0.05, 0.1) is 6.54 Å². The second kappa shape index (κ2) is 7.35. The van der Waals surface area contributed by atoms with Crippen molar-refractivity contribution < 1.29 is 4.74 Å². The molecule has 0 radical (unpaired) electrons. The van der Waals surface area contributed by atoms with Gasteiger partial charge in [0.1, 0.15) is 12.4 Å². The lowest BCUT2D eigenvalue weighted by atomic mass is 9.87. The standard InChI is InChI=1S/C21H23NO/c1-3-14-22-20-8-4-7-19-18(20)6-5-9-21(19)23-15-17-12-10-16(2)11-13-17/h1,5-6,9-13,20,22H,4,7-8,14-15H2,2H3. The van der Waals surface area contributed by atoms with E-state index in [0.717, 1.165) is 18.6 Å². The molecular weight excluding hydrogens is 282 g/mol. The minimum atomic E-state index is 0.345. The zero-order valence-corrected chi connectivity index (χ0v) is 13.6. The third kappa shape index (κ3) is 3.75. The fourth-order valence-corrected chi connectivity index (χ4v) is 3.19. The molecule has 0 aromatic heterocycles. The van der Waals surface area contributed by atoms with Crippen molar-refractivity contribution in [1.82, 2.24) is 5.32 Å². The van der Waals surface area contributed by atoms with Crippen LogP contribution >= 0.6 is 0 Å². The van der Waals surface area contributed by atoms with Gasteiger partial charge in [0.2, 0.25) is 0 Å². The molecule has 0 saturated heterocycles. The SMILES string of the molecule is C#CCNC1CCCc2c(OCc3ccc(C)cc3)cccc21. The molecule has 1 aliphatic rings. The summed E-state index contributed by atoms with van der Waals surface area (Å²) in [5.41, 5.74) is 5.15. The highest BCUT2D eigenvalue weighted by Gasteiger charge is 2.22. The summed E-state index contributed by atoms with van der Waals surface area (Å²) in [4.78, 5) is 0. The van der Waals surface area contributed by atoms with Crippen LogP contribution in [0.15, 0.2) is 42.5 Å². The van der Waals surface area contributed by atoms with E-state index in [1.54, 1.807) is 0 Å². The second-order valence-corrected chi connectivity index (χ2v) is 6.13. The molecule has 0 bridgehead atoms. The number of aryl methyl sites for hydroxylation is 1. The molecule has 0 amide bonds. The van der Waals surface area contributed by atoms with Crippen molar-refractivity contribution >= 4 is 0 Å². The molecule has 23 heavy (non-hydrogen) atoms. The molecule has 2 nitrogen and oxygen atoms in total. The number of terminal acetylenes is 1. The summed E-state index contributed by atoms with van der Waals surface area (Å²) in [7, 11) is 0. The quantitative estimate of drug-likeness (QED) is 0.837. The molecule has 1 N–H and O–H groups in total. The lowest BCUT2D eigenvalue weighted by Gasteiger charge is -2.27. The van der Waals surface area contributed by atoms with Gasteiger partial charge in [-0.25, -0.2) is 0 Å². The number of hydrogen-bond donors (Lipinski definition) is 1. The highest BCUT2D eigenvalue weighted by atomic mass is 16.5. The first-order valence-electron chi connectivity index (χ1n) is 8.25. The fourth-order valence-electron chi connectivity index (χ4n) is 3.19. The monoisotopic (exact) mass is 305 g/mol. The van der Waals surface area contributed by atoms with Crippen LogP contribution in [0.25, 0.3) is 0 Å². The van der Waals surface area contributed by atoms with E-state index < -0.39 is 0 Å². The first-order valence-corrected chi connectivity index (χ1v) is 8.25. The van der Waals surface area contributed by atoms with Crippen molar-refractivity contribution in [3.63, 3.8) is 0 Å². The molecule has 0 fully saturated rings. The third-order valence-corrected chi connectivity index (χ3v) is 4.43. The van der Waals surface area contributed by atoms with Crippen LogP contribution in [0.2, 0.25) is 0 Å². The Kier molecular flexibility index (Phi) is 5.00. The normalized spacial score (nSPS) is 16.4. The van der Waals surface area contributed by atoms with E-state index in [-0.39, 0.29) is 0 Å². The van der Waals surface area contributed by atoms with Crippen LogP contribution in [-0.2, 0) is 13.0 Å². The van der Waals surface area contributed by atoms with E-state index in [1.807, 2.05) is 0 Å². The van der Waals surface area contributed by atoms with E-state index in [0.29, 0.717) is 19.2 Å². The number of nitrogens with one attached hydrogen (secondary N) is 1. The summed E-state index contributed by atoms with van der Waals surface area (Å²) in [6, 6.07) is 15.2. The molecule has 1 aliphatic carbocycles. The maximum absolute atomic E-state index is 6.12. The lowest BCUT2D eigenvalue weighted by molar-refractivity contribution is 0.299. The maximum Gasteiger partial charge on any atom is 0.123 e. The van der Waals surface area contributed by atoms with Gasteiger partial charge in [-0.2, -0.15) is 0 Å². The van der Waals surface area contributed by atoms with Crippen molar-refractivity contribution in [1.29, 1.82) is 0 Å². The summed E-state index contributed by atoms with van der Waals surface area (Å²) < 4.78 is 6.12. The minimum absolute atomic E-state index is 0.345. The average Bonchev–Trinajstić information content (AvgIpc) is 2.59. The summed E-state index contributed by atoms with van der Waals surface area (Å²) in [5.74, 6) is 3.68. The van der Waals surface area contributed by atoms with Gasteiger partial charge < -0.3 is 4.74 Å². The highest BCUT2D eigenvalue weighted by Crippen LogP contribution is 2.35. The van der Waals surface area contributed by atoms with Crippen molar-refractivity contribution in [2.24, 2.45) is 0 Å². The zero-order valence-electron chi connectivity index (χ0n) is 13.6. The Morgan fingerprint density at radius 3 is 2.83 bits per heavy atom. The Hall–Kier alpha value is -2.24. The summed E-state index contributed by atoms with van der Waals surface area (Å²) in [5, 5.41) is 3.44. The molecule has 0 spiro atoms. The van der Waals surface area contributed by atoms with Crippen LogP contribution in [0.1, 0.15) is 41.1 Å². The fraction of sp³-hybridized carbons (Fsp3) is 0.333. The molecule has 0 saturated carbocycles. The molecular formula is C21H23NO. The van der Waals surface area contributed by atoms with Gasteiger partial charge in [-0.15, -0.1) is 6.42 Å². The second-order valence-electron chi connectivity index (χ2n) is 6.13. The highest BCUT2D eigenvalue weighted by molar-refractivity contribution is 5.43. The largest absolute Gasteiger partial charge is 0.489 e. The predicted molar refractivity (Wildman–Crippen MR) is 94.5 cm³/mol. The van der Waals surface area contributed by atoms with E-state index in [1.165, 1.54) is 28.7 Å². The first-order chi connectivity index (χ1) is 11.3. The van der Waals surface area contributed by atoms with E-state index in [9.17, 15) is 0 Å². The minimum Gasteiger partial charge on any atom is -0.489 e. The van der Waals surface area contributed by atoms with Crippen molar-refractivity contribution in [2.75, 3.05) is 6.54 Å². The van der Waals surface area contributed by atoms with Crippen LogP contribution in [0.4, 0.5) is 0 Å². The van der Waals surface area contributed by atoms with Crippen LogP contribution in [0.5, 0.6) is 5.75 Å². The smallest absolute Gasteiger partial charge is 0.123 e. The Labute approximate surface area is 138 Å². The number of rotatable bonds is 5. The van der Waals surface area contributed by atoms with Crippen LogP contribution < -0.4 is 10.1 Å². The molecule has 118 valence electrons. The maximum atomic E-state index is 6.12. The molecule has 0 aliphatic heterocycles. The van der Waals surface area contributed by atoms with Gasteiger partial charge in [-0.1, -0.05) is 47.9 Å². The Morgan fingerprint density at radius 1 is 1.22 bits per heavy atom. The molecule has 0 heterocycles. The van der Waals surface area contributed by atoms with Gasteiger partial charge in [0.25, 0.3) is 0 Å². The summed E-state index contributed by atoms with van der Waals surface area (Å²) in [6.45, 7) is 3.32. The molecule has 1 unspecified atom stereocenters. The molecule has 2 aromatic rings. The molecule has 1 atom stereocenters. The lowest BCUT2D eigenvalue weighted by Crippen LogP contribution is -2.25. The molecule has 3 rings (SSSR count). The average molecular weight is 305 g/mol. The van der Waals surface area contributed by atoms with Crippen molar-refractivity contribution in [3.05, 3.63) is 64.7 Å².